The number of quaternary nitrogens is 1. The number of anilines is 1. The van der Waals surface area contributed by atoms with E-state index in [9.17, 15) is 0 Å². The number of piperazine rings is 1. The van der Waals surface area contributed by atoms with Gasteiger partial charge in [-0.05, 0) is 22.6 Å². The number of benzene rings is 1. The van der Waals surface area contributed by atoms with E-state index in [0.29, 0.717) is 0 Å². The fourth-order valence-corrected chi connectivity index (χ4v) is 2.20. The maximum atomic E-state index is 4.16. The van der Waals surface area contributed by atoms with Gasteiger partial charge in [-0.3, -0.25) is 0 Å². The van der Waals surface area contributed by atoms with Gasteiger partial charge in [0.2, 0.25) is 0 Å². The Hall–Kier alpha value is -1.95. The molecule has 0 spiro atoms. The van der Waals surface area contributed by atoms with Crippen LogP contribution in [0.4, 0.5) is 5.95 Å². The lowest BCUT2D eigenvalue weighted by Crippen LogP contribution is -3.12. The van der Waals surface area contributed by atoms with E-state index in [1.807, 2.05) is 30.3 Å². The second kappa shape index (κ2) is 4.73. The predicted molar refractivity (Wildman–Crippen MR) is 68.0 cm³/mol. The molecule has 6 heteroatoms. The molecule has 18 heavy (non-hydrogen) atoms. The second-order valence-electron chi connectivity index (χ2n) is 4.67. The van der Waals surface area contributed by atoms with Crippen LogP contribution >= 0.6 is 0 Å². The number of likely N-dealkylation sites (N-methyl/N-ethyl adjacent to an activating group) is 1. The zero-order chi connectivity index (χ0) is 12.4. The second-order valence-corrected chi connectivity index (χ2v) is 4.67. The smallest absolute Gasteiger partial charge is 0.250 e. The topological polar surface area (TPSA) is 51.3 Å². The first-order valence-corrected chi connectivity index (χ1v) is 6.24. The summed E-state index contributed by atoms with van der Waals surface area (Å²) in [6, 6.07) is 10.0. The average molecular weight is 245 g/mol. The highest BCUT2D eigenvalue weighted by Crippen LogP contribution is 2.14. The van der Waals surface area contributed by atoms with Gasteiger partial charge >= 0.3 is 0 Å². The van der Waals surface area contributed by atoms with Crippen LogP contribution in [0.25, 0.3) is 5.69 Å². The van der Waals surface area contributed by atoms with Crippen LogP contribution in [0.3, 0.4) is 0 Å². The third-order valence-electron chi connectivity index (χ3n) is 3.35. The number of nitrogens with zero attached hydrogens (tertiary/aromatic N) is 5. The van der Waals surface area contributed by atoms with Gasteiger partial charge in [-0.25, -0.2) is 0 Å². The van der Waals surface area contributed by atoms with Crippen LogP contribution in [0.15, 0.2) is 30.3 Å². The van der Waals surface area contributed by atoms with Crippen molar-refractivity contribution >= 4 is 5.95 Å². The zero-order valence-electron chi connectivity index (χ0n) is 10.5. The minimum absolute atomic E-state index is 0.841. The van der Waals surface area contributed by atoms with Gasteiger partial charge in [0.05, 0.1) is 38.9 Å². The monoisotopic (exact) mass is 245 g/mol. The van der Waals surface area contributed by atoms with E-state index in [1.54, 1.807) is 9.58 Å². The van der Waals surface area contributed by atoms with Crippen molar-refractivity contribution in [3.63, 3.8) is 0 Å². The molecule has 1 aromatic carbocycles. The third kappa shape index (κ3) is 2.06. The summed E-state index contributed by atoms with van der Waals surface area (Å²) in [6.45, 7) is 4.25. The summed E-state index contributed by atoms with van der Waals surface area (Å²) in [7, 11) is 2.22. The summed E-state index contributed by atoms with van der Waals surface area (Å²) in [5.74, 6) is 0.841. The van der Waals surface area contributed by atoms with Gasteiger partial charge in [0, 0.05) is 0 Å². The number of nitrogens with one attached hydrogen (secondary N) is 1. The van der Waals surface area contributed by atoms with Gasteiger partial charge < -0.3 is 9.80 Å². The first-order valence-electron chi connectivity index (χ1n) is 6.24. The van der Waals surface area contributed by atoms with Gasteiger partial charge in [0.25, 0.3) is 5.95 Å². The molecular weight excluding hydrogens is 228 g/mol. The highest BCUT2D eigenvalue weighted by atomic mass is 15.6. The molecule has 0 bridgehead atoms. The molecule has 0 amide bonds. The van der Waals surface area contributed by atoms with Gasteiger partial charge in [-0.15, -0.1) is 0 Å². The van der Waals surface area contributed by atoms with Crippen LogP contribution in [-0.4, -0.2) is 53.4 Å². The van der Waals surface area contributed by atoms with Crippen molar-refractivity contribution in [3.05, 3.63) is 30.3 Å². The molecule has 2 aromatic rings. The fourth-order valence-electron chi connectivity index (χ4n) is 2.20. The lowest BCUT2D eigenvalue weighted by molar-refractivity contribution is -0.880. The molecule has 1 saturated heterocycles. The molecule has 0 radical (unpaired) electrons. The number of tetrazole rings is 1. The summed E-state index contributed by atoms with van der Waals surface area (Å²) < 4.78 is 1.81. The van der Waals surface area contributed by atoms with Crippen LogP contribution in [-0.2, 0) is 0 Å². The molecule has 1 aliphatic heterocycles. The van der Waals surface area contributed by atoms with Crippen molar-refractivity contribution < 1.29 is 4.90 Å². The molecule has 0 unspecified atom stereocenters. The zero-order valence-corrected chi connectivity index (χ0v) is 10.5. The summed E-state index contributed by atoms with van der Waals surface area (Å²) in [4.78, 5) is 3.81. The van der Waals surface area contributed by atoms with E-state index in [0.717, 1.165) is 37.8 Å². The van der Waals surface area contributed by atoms with Crippen molar-refractivity contribution in [3.8, 4) is 5.69 Å². The summed E-state index contributed by atoms with van der Waals surface area (Å²) in [6.07, 6.45) is 0. The normalized spacial score (nSPS) is 17.1. The Labute approximate surface area is 106 Å². The lowest BCUT2D eigenvalue weighted by Gasteiger charge is -2.30. The van der Waals surface area contributed by atoms with Crippen LogP contribution in [0, 0.1) is 0 Å². The summed E-state index contributed by atoms with van der Waals surface area (Å²) in [5.41, 5.74) is 1.00. The minimum atomic E-state index is 0.841. The van der Waals surface area contributed by atoms with E-state index in [1.165, 1.54) is 0 Å². The highest BCUT2D eigenvalue weighted by Gasteiger charge is 2.22. The molecule has 0 atom stereocenters. The number of hydrogen-bond donors (Lipinski definition) is 1. The quantitative estimate of drug-likeness (QED) is 0.737. The fraction of sp³-hybridized carbons (Fsp3) is 0.417. The molecule has 1 N–H and O–H groups in total. The maximum absolute atomic E-state index is 4.16. The minimum Gasteiger partial charge on any atom is -0.334 e. The first-order chi connectivity index (χ1) is 8.84. The van der Waals surface area contributed by atoms with Crippen molar-refractivity contribution in [2.75, 3.05) is 38.1 Å². The van der Waals surface area contributed by atoms with Crippen LogP contribution < -0.4 is 9.80 Å². The third-order valence-corrected chi connectivity index (χ3v) is 3.35. The molecule has 1 aromatic heterocycles. The van der Waals surface area contributed by atoms with Crippen LogP contribution in [0.1, 0.15) is 0 Å². The van der Waals surface area contributed by atoms with E-state index in [2.05, 4.69) is 27.5 Å². The van der Waals surface area contributed by atoms with Gasteiger partial charge in [-0.2, -0.15) is 4.68 Å². The SMILES string of the molecule is C[NH+]1CCN(c2nnnn2-c2ccccc2)CC1. The highest BCUT2D eigenvalue weighted by molar-refractivity contribution is 5.40. The maximum Gasteiger partial charge on any atom is 0.250 e. The molecule has 3 rings (SSSR count). The Morgan fingerprint density at radius 1 is 1.11 bits per heavy atom. The van der Waals surface area contributed by atoms with E-state index in [-0.39, 0.29) is 0 Å². The molecule has 6 nitrogen and oxygen atoms in total. The number of para-hydroxylation sites is 1. The Morgan fingerprint density at radius 3 is 2.56 bits per heavy atom. The predicted octanol–water partition coefficient (Wildman–Crippen LogP) is -1.00. The van der Waals surface area contributed by atoms with Gasteiger partial charge in [0.1, 0.15) is 0 Å². The van der Waals surface area contributed by atoms with Crippen molar-refractivity contribution in [1.82, 2.24) is 20.2 Å². The molecule has 2 heterocycles. The Morgan fingerprint density at radius 2 is 1.83 bits per heavy atom. The van der Waals surface area contributed by atoms with Gasteiger partial charge in [0.15, 0.2) is 0 Å². The molecule has 0 aliphatic carbocycles. The van der Waals surface area contributed by atoms with Gasteiger partial charge in [-0.1, -0.05) is 23.3 Å². The molecular formula is C12H17N6+. The summed E-state index contributed by atoms with van der Waals surface area (Å²) >= 11 is 0. The molecule has 94 valence electrons. The Bertz CT molecular complexity index is 500. The van der Waals surface area contributed by atoms with E-state index in [4.69, 9.17) is 0 Å². The number of aromatic nitrogens is 4. The first kappa shape index (κ1) is 11.2. The van der Waals surface area contributed by atoms with Crippen molar-refractivity contribution in [2.24, 2.45) is 0 Å². The standard InChI is InChI=1S/C12H16N6/c1-16-7-9-17(10-8-16)12-13-14-15-18(12)11-5-3-2-4-6-11/h2-6H,7-10H2,1H3/p+1. The number of rotatable bonds is 2. The molecule has 0 saturated carbocycles. The Balaban J connectivity index is 1.88. The van der Waals surface area contributed by atoms with E-state index >= 15 is 0 Å². The summed E-state index contributed by atoms with van der Waals surface area (Å²) in [5, 5.41) is 12.1. The average Bonchev–Trinajstić information content (AvgIpc) is 2.90. The molecule has 1 fully saturated rings. The van der Waals surface area contributed by atoms with E-state index < -0.39 is 0 Å². The van der Waals surface area contributed by atoms with Crippen LogP contribution in [0.2, 0.25) is 0 Å². The number of hydrogen-bond acceptors (Lipinski definition) is 4. The largest absolute Gasteiger partial charge is 0.334 e. The molecule has 1 aliphatic rings. The lowest BCUT2D eigenvalue weighted by atomic mass is 10.3. The van der Waals surface area contributed by atoms with Crippen molar-refractivity contribution in [2.45, 2.75) is 0 Å². The van der Waals surface area contributed by atoms with Crippen LogP contribution in [0.5, 0.6) is 0 Å². The Kier molecular flexibility index (Phi) is 2.93. The van der Waals surface area contributed by atoms with Crippen molar-refractivity contribution in [1.29, 1.82) is 0 Å².